The molecule has 21 heavy (non-hydrogen) atoms. The first-order chi connectivity index (χ1) is 10.1. The molecule has 112 valence electrons. The average molecular weight is 291 g/mol. The van der Waals surface area contributed by atoms with Crippen molar-refractivity contribution in [3.63, 3.8) is 0 Å². The fraction of sp³-hybridized carbons (Fsp3) is 0.467. The highest BCUT2D eigenvalue weighted by molar-refractivity contribution is 5.89. The maximum atomic E-state index is 11.7. The summed E-state index contributed by atoms with van der Waals surface area (Å²) in [5, 5.41) is 11.6. The number of hydrogen-bond acceptors (Lipinski definition) is 4. The molecule has 1 aliphatic carbocycles. The van der Waals surface area contributed by atoms with Gasteiger partial charge in [-0.2, -0.15) is 0 Å². The Bertz CT molecular complexity index is 571. The molecule has 1 aliphatic heterocycles. The summed E-state index contributed by atoms with van der Waals surface area (Å²) in [6.07, 6.45) is 1.12. The molecule has 1 aromatic rings. The molecule has 6 nitrogen and oxygen atoms in total. The Kier molecular flexibility index (Phi) is 3.68. The van der Waals surface area contributed by atoms with Crippen LogP contribution in [0.25, 0.3) is 0 Å². The first-order valence-corrected chi connectivity index (χ1v) is 7.04. The van der Waals surface area contributed by atoms with E-state index in [9.17, 15) is 9.59 Å². The number of hydrogen-bond donors (Lipinski definition) is 2. The van der Waals surface area contributed by atoms with Crippen molar-refractivity contribution in [3.8, 4) is 11.5 Å². The predicted molar refractivity (Wildman–Crippen MR) is 73.4 cm³/mol. The lowest BCUT2D eigenvalue weighted by molar-refractivity contribution is -0.140. The highest BCUT2D eigenvalue weighted by Gasteiger charge is 2.48. The number of rotatable bonds is 5. The number of amides is 1. The fourth-order valence-electron chi connectivity index (χ4n) is 2.46. The van der Waals surface area contributed by atoms with Crippen LogP contribution in [0.4, 0.5) is 0 Å². The lowest BCUT2D eigenvalue weighted by Crippen LogP contribution is -2.28. The van der Waals surface area contributed by atoms with Crippen LogP contribution in [0.2, 0.25) is 0 Å². The number of carbonyl (C=O) groups is 2. The van der Waals surface area contributed by atoms with Crippen molar-refractivity contribution in [3.05, 3.63) is 23.8 Å². The lowest BCUT2D eigenvalue weighted by atomic mass is 10.1. The van der Waals surface area contributed by atoms with Crippen molar-refractivity contribution in [2.75, 3.05) is 19.8 Å². The molecule has 1 amide bonds. The SMILES string of the molecule is O=C(O)[C@H]1C[C@H]1C(=O)NCCc1ccc2c(c1)OCCO2. The van der Waals surface area contributed by atoms with Crippen molar-refractivity contribution in [2.24, 2.45) is 11.8 Å². The Labute approximate surface area is 122 Å². The second kappa shape index (κ2) is 5.63. The number of carbonyl (C=O) groups excluding carboxylic acids is 1. The molecule has 0 bridgehead atoms. The molecule has 6 heteroatoms. The van der Waals surface area contributed by atoms with Crippen molar-refractivity contribution in [1.29, 1.82) is 0 Å². The van der Waals surface area contributed by atoms with E-state index >= 15 is 0 Å². The van der Waals surface area contributed by atoms with Gasteiger partial charge in [-0.15, -0.1) is 0 Å². The first-order valence-electron chi connectivity index (χ1n) is 7.04. The zero-order valence-electron chi connectivity index (χ0n) is 11.5. The molecule has 2 N–H and O–H groups in total. The molecule has 1 fully saturated rings. The number of fused-ring (bicyclic) bond motifs is 1. The molecule has 1 saturated carbocycles. The Morgan fingerprint density at radius 2 is 1.95 bits per heavy atom. The van der Waals surface area contributed by atoms with Crippen LogP contribution in [0.1, 0.15) is 12.0 Å². The Hall–Kier alpha value is -2.24. The Balaban J connectivity index is 1.47. The van der Waals surface area contributed by atoms with Gasteiger partial charge in [0.25, 0.3) is 0 Å². The van der Waals surface area contributed by atoms with E-state index in [1.54, 1.807) is 0 Å². The van der Waals surface area contributed by atoms with Crippen molar-refractivity contribution >= 4 is 11.9 Å². The second-order valence-corrected chi connectivity index (χ2v) is 5.31. The van der Waals surface area contributed by atoms with Gasteiger partial charge in [0.2, 0.25) is 5.91 Å². The fourth-order valence-corrected chi connectivity index (χ4v) is 2.46. The molecular formula is C15H17NO5. The molecule has 0 aromatic heterocycles. The standard InChI is InChI=1S/C15H17NO5/c17-14(10-8-11(10)15(18)19)16-4-3-9-1-2-12-13(7-9)21-6-5-20-12/h1-2,7,10-11H,3-6,8H2,(H,16,17)(H,18,19)/t10-,11+/m1/s1. The van der Waals surface area contributed by atoms with Crippen molar-refractivity contribution in [2.45, 2.75) is 12.8 Å². The van der Waals surface area contributed by atoms with Gasteiger partial charge in [0.05, 0.1) is 11.8 Å². The smallest absolute Gasteiger partial charge is 0.307 e. The van der Waals surface area contributed by atoms with Gasteiger partial charge in [0, 0.05) is 6.54 Å². The van der Waals surface area contributed by atoms with Crippen LogP contribution in [-0.4, -0.2) is 36.7 Å². The van der Waals surface area contributed by atoms with Crippen LogP contribution in [0, 0.1) is 11.8 Å². The molecule has 0 spiro atoms. The number of nitrogens with one attached hydrogen (secondary N) is 1. The van der Waals surface area contributed by atoms with Crippen molar-refractivity contribution in [1.82, 2.24) is 5.32 Å². The topological polar surface area (TPSA) is 84.9 Å². The average Bonchev–Trinajstić information content (AvgIpc) is 3.28. The largest absolute Gasteiger partial charge is 0.486 e. The molecule has 0 saturated heterocycles. The molecule has 3 rings (SSSR count). The van der Waals surface area contributed by atoms with Gasteiger partial charge in [0.1, 0.15) is 13.2 Å². The summed E-state index contributed by atoms with van der Waals surface area (Å²) in [5.74, 6) is -0.432. The van der Waals surface area contributed by atoms with Crippen LogP contribution in [0.5, 0.6) is 11.5 Å². The van der Waals surface area contributed by atoms with Gasteiger partial charge in [-0.3, -0.25) is 9.59 Å². The third kappa shape index (κ3) is 3.09. The maximum Gasteiger partial charge on any atom is 0.307 e. The zero-order valence-corrected chi connectivity index (χ0v) is 11.5. The summed E-state index contributed by atoms with van der Waals surface area (Å²) in [6, 6.07) is 5.72. The zero-order chi connectivity index (χ0) is 14.8. The summed E-state index contributed by atoms with van der Waals surface area (Å²) in [6.45, 7) is 1.60. The number of benzene rings is 1. The molecule has 2 aliphatic rings. The van der Waals surface area contributed by atoms with E-state index in [2.05, 4.69) is 5.32 Å². The number of ether oxygens (including phenoxy) is 2. The van der Waals surface area contributed by atoms with Crippen LogP contribution in [-0.2, 0) is 16.0 Å². The number of carboxylic acids is 1. The van der Waals surface area contributed by atoms with Crippen LogP contribution in [0.3, 0.4) is 0 Å². The summed E-state index contributed by atoms with van der Waals surface area (Å²) < 4.78 is 10.9. The Morgan fingerprint density at radius 3 is 2.67 bits per heavy atom. The molecule has 1 aromatic carbocycles. The molecule has 0 radical (unpaired) electrons. The van der Waals surface area contributed by atoms with E-state index in [1.807, 2.05) is 18.2 Å². The summed E-state index contributed by atoms with van der Waals surface area (Å²) >= 11 is 0. The van der Waals surface area contributed by atoms with Crippen LogP contribution < -0.4 is 14.8 Å². The lowest BCUT2D eigenvalue weighted by Gasteiger charge is -2.18. The van der Waals surface area contributed by atoms with Crippen molar-refractivity contribution < 1.29 is 24.2 Å². The normalized spacial score (nSPS) is 22.5. The second-order valence-electron chi connectivity index (χ2n) is 5.31. The quantitative estimate of drug-likeness (QED) is 0.839. The summed E-state index contributed by atoms with van der Waals surface area (Å²) in [5.41, 5.74) is 1.05. The minimum Gasteiger partial charge on any atom is -0.486 e. The molecular weight excluding hydrogens is 274 g/mol. The highest BCUT2D eigenvalue weighted by Crippen LogP contribution is 2.38. The molecule has 0 unspecified atom stereocenters. The maximum absolute atomic E-state index is 11.7. The van der Waals surface area contributed by atoms with E-state index in [0.717, 1.165) is 17.1 Å². The molecule has 1 heterocycles. The third-order valence-electron chi connectivity index (χ3n) is 3.76. The Morgan fingerprint density at radius 1 is 1.19 bits per heavy atom. The highest BCUT2D eigenvalue weighted by atomic mass is 16.6. The van der Waals surface area contributed by atoms with E-state index in [1.165, 1.54) is 0 Å². The van der Waals surface area contributed by atoms with Crippen LogP contribution >= 0.6 is 0 Å². The van der Waals surface area contributed by atoms with E-state index < -0.39 is 11.9 Å². The van der Waals surface area contributed by atoms with E-state index in [0.29, 0.717) is 32.6 Å². The van der Waals surface area contributed by atoms with Gasteiger partial charge in [-0.05, 0) is 30.5 Å². The van der Waals surface area contributed by atoms with Gasteiger partial charge in [-0.1, -0.05) is 6.07 Å². The summed E-state index contributed by atoms with van der Waals surface area (Å²) in [4.78, 5) is 22.4. The van der Waals surface area contributed by atoms with Gasteiger partial charge in [0.15, 0.2) is 11.5 Å². The minimum atomic E-state index is -0.887. The monoisotopic (exact) mass is 291 g/mol. The van der Waals surface area contributed by atoms with Gasteiger partial charge >= 0.3 is 5.97 Å². The van der Waals surface area contributed by atoms with Crippen LogP contribution in [0.15, 0.2) is 18.2 Å². The first kappa shape index (κ1) is 13.7. The molecule has 2 atom stereocenters. The minimum absolute atomic E-state index is 0.167. The predicted octanol–water partition coefficient (Wildman–Crippen LogP) is 0.837. The van der Waals surface area contributed by atoms with Gasteiger partial charge in [-0.25, -0.2) is 0 Å². The third-order valence-corrected chi connectivity index (χ3v) is 3.76. The summed E-state index contributed by atoms with van der Waals surface area (Å²) in [7, 11) is 0. The van der Waals surface area contributed by atoms with E-state index in [4.69, 9.17) is 14.6 Å². The van der Waals surface area contributed by atoms with E-state index in [-0.39, 0.29) is 11.8 Å². The number of carboxylic acid groups (broad SMARTS) is 1. The van der Waals surface area contributed by atoms with Gasteiger partial charge < -0.3 is 19.9 Å². The number of aliphatic carboxylic acids is 1.